The molecule has 0 radical (unpaired) electrons. The van der Waals surface area contributed by atoms with Crippen LogP contribution in [0.15, 0.2) is 42.5 Å². The van der Waals surface area contributed by atoms with Gasteiger partial charge in [0.15, 0.2) is 0 Å². The van der Waals surface area contributed by atoms with Crippen LogP contribution in [-0.4, -0.2) is 18.5 Å². The molecule has 0 amide bonds. The average Bonchev–Trinajstić information content (AvgIpc) is 2.76. The van der Waals surface area contributed by atoms with E-state index in [1.54, 1.807) is 13.0 Å². The van der Waals surface area contributed by atoms with Crippen molar-refractivity contribution < 1.29 is 19.1 Å². The van der Waals surface area contributed by atoms with Crippen LogP contribution < -0.4 is 4.74 Å². The van der Waals surface area contributed by atoms with Crippen LogP contribution in [0.3, 0.4) is 0 Å². The first-order valence-electron chi connectivity index (χ1n) is 12.2. The van der Waals surface area contributed by atoms with Gasteiger partial charge in [-0.3, -0.25) is 4.79 Å². The summed E-state index contributed by atoms with van der Waals surface area (Å²) in [6, 6.07) is 12.6. The molecule has 2 aromatic rings. The van der Waals surface area contributed by atoms with Gasteiger partial charge in [-0.15, -0.1) is 0 Å². The van der Waals surface area contributed by atoms with Crippen molar-refractivity contribution in [3.8, 4) is 5.75 Å². The minimum absolute atomic E-state index is 0.167. The number of allylic oxidation sites excluding steroid dienone is 1. The van der Waals surface area contributed by atoms with E-state index >= 15 is 0 Å². The van der Waals surface area contributed by atoms with Crippen molar-refractivity contribution in [1.82, 2.24) is 0 Å². The SMILES string of the molecule is CCOC(=O)/C=C(/C)c1ccc(C(CC)(CC)c2ccc(OC(=O)C(C)(C)C)c(C)c2)cc1C. The molecular formula is C30H40O4. The molecule has 0 heterocycles. The summed E-state index contributed by atoms with van der Waals surface area (Å²) in [5.41, 5.74) is 5.72. The van der Waals surface area contributed by atoms with Crippen LogP contribution in [-0.2, 0) is 19.7 Å². The lowest BCUT2D eigenvalue weighted by atomic mass is 9.69. The van der Waals surface area contributed by atoms with Crippen LogP contribution in [0.1, 0.15) is 89.1 Å². The zero-order valence-corrected chi connectivity index (χ0v) is 22.3. The maximum atomic E-state index is 12.4. The Balaban J connectivity index is 2.47. The Kier molecular flexibility index (Phi) is 8.88. The molecule has 0 aliphatic rings. The van der Waals surface area contributed by atoms with Gasteiger partial charge >= 0.3 is 11.9 Å². The Hall–Kier alpha value is -2.88. The van der Waals surface area contributed by atoms with Crippen molar-refractivity contribution in [3.05, 3.63) is 70.3 Å². The molecule has 4 nitrogen and oxygen atoms in total. The predicted octanol–water partition coefficient (Wildman–Crippen LogP) is 7.33. The van der Waals surface area contributed by atoms with Crippen LogP contribution in [0.4, 0.5) is 0 Å². The largest absolute Gasteiger partial charge is 0.463 e. The molecule has 2 aromatic carbocycles. The Morgan fingerprint density at radius 2 is 1.44 bits per heavy atom. The summed E-state index contributed by atoms with van der Waals surface area (Å²) < 4.78 is 10.7. The molecule has 0 N–H and O–H groups in total. The van der Waals surface area contributed by atoms with Gasteiger partial charge in [-0.05, 0) is 101 Å². The molecule has 4 heteroatoms. The summed E-state index contributed by atoms with van der Waals surface area (Å²) in [4.78, 5) is 24.3. The lowest BCUT2D eigenvalue weighted by molar-refractivity contribution is -0.143. The van der Waals surface area contributed by atoms with E-state index < -0.39 is 5.41 Å². The van der Waals surface area contributed by atoms with Crippen molar-refractivity contribution in [3.63, 3.8) is 0 Å². The Bertz CT molecular complexity index is 1070. The van der Waals surface area contributed by atoms with E-state index in [1.165, 1.54) is 11.1 Å². The lowest BCUT2D eigenvalue weighted by Crippen LogP contribution is -2.27. The molecule has 34 heavy (non-hydrogen) atoms. The second-order valence-corrected chi connectivity index (χ2v) is 10.0. The number of aryl methyl sites for hydroxylation is 2. The summed E-state index contributed by atoms with van der Waals surface area (Å²) in [6.45, 7) is 18.2. The molecule has 184 valence electrons. The molecular weight excluding hydrogens is 424 g/mol. The number of ether oxygens (including phenoxy) is 2. The molecule has 0 saturated carbocycles. The molecule has 0 atom stereocenters. The lowest BCUT2D eigenvalue weighted by Gasteiger charge is -2.34. The van der Waals surface area contributed by atoms with Gasteiger partial charge in [0.25, 0.3) is 0 Å². The van der Waals surface area contributed by atoms with E-state index in [0.29, 0.717) is 12.4 Å². The second-order valence-electron chi connectivity index (χ2n) is 10.0. The Morgan fingerprint density at radius 1 is 0.882 bits per heavy atom. The van der Waals surface area contributed by atoms with Gasteiger partial charge in [0.1, 0.15) is 5.75 Å². The van der Waals surface area contributed by atoms with Crippen molar-refractivity contribution >= 4 is 17.5 Å². The van der Waals surface area contributed by atoms with Gasteiger partial charge in [-0.2, -0.15) is 0 Å². The summed E-state index contributed by atoms with van der Waals surface area (Å²) in [5.74, 6) is 0.0526. The van der Waals surface area contributed by atoms with Crippen LogP contribution >= 0.6 is 0 Å². The van der Waals surface area contributed by atoms with Crippen molar-refractivity contribution in [2.75, 3.05) is 6.61 Å². The first-order chi connectivity index (χ1) is 15.9. The zero-order chi connectivity index (χ0) is 25.7. The monoisotopic (exact) mass is 464 g/mol. The number of hydrogen-bond acceptors (Lipinski definition) is 4. The van der Waals surface area contributed by atoms with E-state index in [9.17, 15) is 9.59 Å². The first-order valence-corrected chi connectivity index (χ1v) is 12.2. The molecule has 0 bridgehead atoms. The highest BCUT2D eigenvalue weighted by molar-refractivity contribution is 5.91. The number of rotatable bonds is 8. The average molecular weight is 465 g/mol. The van der Waals surface area contributed by atoms with E-state index in [0.717, 1.165) is 35.1 Å². The second kappa shape index (κ2) is 11.0. The van der Waals surface area contributed by atoms with Crippen molar-refractivity contribution in [2.24, 2.45) is 5.41 Å². The minimum atomic E-state index is -0.555. The molecule has 0 spiro atoms. The fourth-order valence-corrected chi connectivity index (χ4v) is 4.39. The van der Waals surface area contributed by atoms with Gasteiger partial charge in [0, 0.05) is 11.5 Å². The third kappa shape index (κ3) is 5.97. The summed E-state index contributed by atoms with van der Waals surface area (Å²) in [7, 11) is 0. The number of carbonyl (C=O) groups is 2. The van der Waals surface area contributed by atoms with Crippen molar-refractivity contribution in [2.45, 2.75) is 80.6 Å². The van der Waals surface area contributed by atoms with Gasteiger partial charge in [-0.25, -0.2) is 4.79 Å². The van der Waals surface area contributed by atoms with Crippen LogP contribution in [0.25, 0.3) is 5.57 Å². The van der Waals surface area contributed by atoms with E-state index in [-0.39, 0.29) is 17.4 Å². The fourth-order valence-electron chi connectivity index (χ4n) is 4.39. The van der Waals surface area contributed by atoms with Crippen molar-refractivity contribution in [1.29, 1.82) is 0 Å². The molecule has 0 aliphatic carbocycles. The molecule has 0 fully saturated rings. The molecule has 2 rings (SSSR count). The number of hydrogen-bond donors (Lipinski definition) is 0. The Labute approximate surface area is 205 Å². The third-order valence-electron chi connectivity index (χ3n) is 6.57. The third-order valence-corrected chi connectivity index (χ3v) is 6.57. The quantitative estimate of drug-likeness (QED) is 0.233. The maximum absolute atomic E-state index is 12.4. The molecule has 0 aromatic heterocycles. The number of benzene rings is 2. The van der Waals surface area contributed by atoms with Crippen LogP contribution in [0.5, 0.6) is 5.75 Å². The maximum Gasteiger partial charge on any atom is 0.331 e. The first kappa shape index (κ1) is 27.4. The van der Waals surface area contributed by atoms with Crippen LogP contribution in [0.2, 0.25) is 0 Å². The highest BCUT2D eigenvalue weighted by atomic mass is 16.5. The van der Waals surface area contributed by atoms with Gasteiger partial charge in [-0.1, -0.05) is 44.2 Å². The Morgan fingerprint density at radius 3 is 1.91 bits per heavy atom. The normalized spacial score (nSPS) is 12.4. The fraction of sp³-hybridized carbons (Fsp3) is 0.467. The summed E-state index contributed by atoms with van der Waals surface area (Å²) in [6.07, 6.45) is 3.42. The van der Waals surface area contributed by atoms with E-state index in [4.69, 9.17) is 9.47 Å². The topological polar surface area (TPSA) is 52.6 Å². The van der Waals surface area contributed by atoms with Gasteiger partial charge < -0.3 is 9.47 Å². The molecule has 0 unspecified atom stereocenters. The van der Waals surface area contributed by atoms with E-state index in [2.05, 4.69) is 51.1 Å². The van der Waals surface area contributed by atoms with Crippen LogP contribution in [0, 0.1) is 19.3 Å². The highest BCUT2D eigenvalue weighted by Gasteiger charge is 2.32. The zero-order valence-electron chi connectivity index (χ0n) is 22.3. The number of esters is 2. The molecule has 0 aliphatic heterocycles. The van der Waals surface area contributed by atoms with Gasteiger partial charge in [0.05, 0.1) is 12.0 Å². The van der Waals surface area contributed by atoms with Gasteiger partial charge in [0.2, 0.25) is 0 Å². The van der Waals surface area contributed by atoms with E-state index in [1.807, 2.05) is 40.7 Å². The number of carbonyl (C=O) groups excluding carboxylic acids is 2. The summed E-state index contributed by atoms with van der Waals surface area (Å²) in [5, 5.41) is 0. The molecule has 0 saturated heterocycles. The standard InChI is InChI=1S/C30H40O4/c1-10-30(11-2,24-14-16-26(22(6)18-24)34-28(32)29(7,8)9)23-13-15-25(20(4)17-23)21(5)19-27(31)33-12-3/h13-19H,10-12H2,1-9H3/b21-19-. The smallest absolute Gasteiger partial charge is 0.331 e. The minimum Gasteiger partial charge on any atom is -0.463 e. The summed E-state index contributed by atoms with van der Waals surface area (Å²) >= 11 is 0. The predicted molar refractivity (Wildman–Crippen MR) is 139 cm³/mol. The highest BCUT2D eigenvalue weighted by Crippen LogP contribution is 2.41.